The Hall–Kier alpha value is -16.0. The topological polar surface area (TPSA) is 240 Å². The summed E-state index contributed by atoms with van der Waals surface area (Å²) >= 11 is 0. The first kappa shape index (κ1) is 97.4. The molecule has 0 amide bonds. The maximum absolute atomic E-state index is 15.3. The van der Waals surface area contributed by atoms with E-state index in [0.717, 1.165) is 74.7 Å². The summed E-state index contributed by atoms with van der Waals surface area (Å²) in [6.45, 7) is 52.7. The van der Waals surface area contributed by atoms with Gasteiger partial charge in [0, 0.05) is 160 Å². The number of fused-ring (bicyclic) bond motifs is 15. The second kappa shape index (κ2) is 38.2. The van der Waals surface area contributed by atoms with Gasteiger partial charge >= 0.3 is 0 Å². The van der Waals surface area contributed by atoms with E-state index in [4.69, 9.17) is 75.9 Å². The highest BCUT2D eigenvalue weighted by Gasteiger charge is 2.55. The van der Waals surface area contributed by atoms with Gasteiger partial charge in [-0.1, -0.05) is 160 Å². The number of rotatable bonds is 9. The fourth-order valence-electron chi connectivity index (χ4n) is 24.1. The zero-order valence-corrected chi connectivity index (χ0v) is 81.7. The number of ketones is 4. The first-order valence-corrected chi connectivity index (χ1v) is 49.0. The van der Waals surface area contributed by atoms with Crippen LogP contribution in [0.2, 0.25) is 0 Å². The van der Waals surface area contributed by atoms with Crippen LogP contribution in [0.3, 0.4) is 0 Å². The summed E-state index contributed by atoms with van der Waals surface area (Å²) in [5.41, 5.74) is 11.5. The highest BCUT2D eigenvalue weighted by Crippen LogP contribution is 2.58. The van der Waals surface area contributed by atoms with Gasteiger partial charge in [-0.3, -0.25) is 15.0 Å². The molecule has 1 saturated heterocycles. The SMILES string of the molecule is [C-]#[N+]C1=C[C@@]2(C)c3nc(-c4cc(C(C)C)nc5ccccc45)nc(-c4ccccc4F)c3CC[C@@H]2[C@@H](C)C1=O.[C-]#[N+]C1=C[C@@]2(C)c3nc(-c4ccnc5c(F)cc(F)cc45)nc(-c4ccccc4F)c3CC[C@@H]2[C@@H](C)C1=O.[C-]#[N+]C1=C[C@@]2(C)c3nc(-c4ccnc5ccc(F)cc45)nc(-c4ccccc4F)c3CC[C@@H]2[C@@H](C)C1=O.[C-]#[N+]C1=C[C@@]2(C)c3nc(N4CCOCC4)nc(-c4ccccc4F)c3CC[C@@H]2[C@@H](C)C1=O. The van der Waals surface area contributed by atoms with Gasteiger partial charge in [0.05, 0.1) is 96.1 Å². The van der Waals surface area contributed by atoms with E-state index in [0.29, 0.717) is 155 Å². The van der Waals surface area contributed by atoms with Crippen LogP contribution in [0.5, 0.6) is 0 Å². The Labute approximate surface area is 838 Å². The van der Waals surface area contributed by atoms with Crippen LogP contribution in [0, 0.1) is 114 Å². The van der Waals surface area contributed by atoms with E-state index in [1.807, 2.05) is 84.0 Å². The lowest BCUT2D eigenvalue weighted by Crippen LogP contribution is -2.46. The number of halogens is 7. The summed E-state index contributed by atoms with van der Waals surface area (Å²) in [4.78, 5) is 121. The minimum Gasteiger partial charge on any atom is -0.378 e. The predicted molar refractivity (Wildman–Crippen MR) is 541 cm³/mol. The smallest absolute Gasteiger partial charge is 0.226 e. The molecule has 23 rings (SSSR count). The molecule has 0 radical (unpaired) electrons. The van der Waals surface area contributed by atoms with E-state index in [9.17, 15) is 36.7 Å². The standard InChI is InChI=1S/C33H29FN4O.C30H21F3N4O.C30H22F2N4O.C25H25FN4O2/c1-18(2)27-16-23(20-10-7-9-13-26(20)36-27)32-37-29(21-11-6-8-12-25(21)34)22-14-15-24-19(3)30(39)28(35-5)17-33(24,4)31(22)38-32;1-15-21-9-8-19-25(18-6-4-5-7-22(18)32)36-29(37-28(19)30(21,2)14-24(34-3)27(15)38)17-10-11-35-26-20(17)12-16(31)13-23(26)33;1-16-22-10-9-20-26(19-6-4-5-7-23(19)32)35-29(18-12-13-34-24-11-8-17(31)14-21(18)24)36-28(20)30(22,2)15-25(33-3)27(16)37;1-15-18-9-8-17-21(16-6-4-5-7-19(16)26)28-24(30-10-12-32-13-11-30)29-23(17)25(18,2)14-20(27-3)22(15)31/h6-13,16-19,24H,14-15H2,1-4H3;4-7,10-15,21H,8-9H2,1-2H3;4-8,11-16,22H,9-10H2,1-2H3;4-7,14-15,18H,8-13H2,1-2H3/t19-,24-,33-;15-,21-,30-;16-,22-,30-;15-,18-,25-/m1111/s1. The molecule has 146 heavy (non-hydrogen) atoms. The Bertz CT molecular complexity index is 8210. The van der Waals surface area contributed by atoms with E-state index >= 15 is 13.2 Å². The summed E-state index contributed by atoms with van der Waals surface area (Å²) in [6.07, 6.45) is 15.2. The number of nitrogens with zero attached hydrogens (tertiary/aromatic N) is 16. The van der Waals surface area contributed by atoms with Crippen molar-refractivity contribution in [1.82, 2.24) is 54.8 Å². The van der Waals surface area contributed by atoms with Crippen LogP contribution in [0.4, 0.5) is 36.7 Å². The van der Waals surface area contributed by atoms with Crippen molar-refractivity contribution in [3.8, 4) is 79.2 Å². The molecule has 7 aromatic carbocycles. The van der Waals surface area contributed by atoms with Crippen molar-refractivity contribution in [2.24, 2.45) is 47.3 Å². The van der Waals surface area contributed by atoms with Crippen LogP contribution < -0.4 is 4.90 Å². The van der Waals surface area contributed by atoms with Crippen LogP contribution >= 0.6 is 0 Å². The summed E-state index contributed by atoms with van der Waals surface area (Å²) < 4.78 is 109. The molecule has 1 fully saturated rings. The number of pyridine rings is 3. The molecule has 0 saturated carbocycles. The van der Waals surface area contributed by atoms with Crippen LogP contribution in [0.15, 0.2) is 229 Å². The number of aromatic nitrogens is 11. The third-order valence-electron chi connectivity index (χ3n) is 31.6. The number of carbonyl (C=O) groups is 4. The van der Waals surface area contributed by atoms with E-state index in [1.165, 1.54) is 48.7 Å². The van der Waals surface area contributed by atoms with Crippen LogP contribution in [0.25, 0.3) is 131 Å². The Morgan fingerprint density at radius 3 is 1.11 bits per heavy atom. The first-order valence-electron chi connectivity index (χ1n) is 49.0. The highest BCUT2D eigenvalue weighted by atomic mass is 19.2. The van der Waals surface area contributed by atoms with Gasteiger partial charge in [-0.2, -0.15) is 0 Å². The van der Waals surface area contributed by atoms with Gasteiger partial charge in [0.2, 0.25) is 28.7 Å². The number of allylic oxidation sites excluding steroid dienone is 8. The molecule has 0 spiro atoms. The lowest BCUT2D eigenvalue weighted by molar-refractivity contribution is -0.122. The van der Waals surface area contributed by atoms with Gasteiger partial charge in [-0.15, -0.1) is 0 Å². The van der Waals surface area contributed by atoms with Gasteiger partial charge in [0.15, 0.2) is 46.4 Å². The molecule has 0 N–H and O–H groups in total. The number of carbonyl (C=O) groups excluding carboxylic acids is 4. The average Bonchev–Trinajstić information content (AvgIpc) is 0.726. The minimum absolute atomic E-state index is 0.0142. The number of para-hydroxylation sites is 1. The van der Waals surface area contributed by atoms with Crippen LogP contribution in [0.1, 0.15) is 152 Å². The number of Topliss-reactive ketones (excluding diaryl/α,β-unsaturated/α-hetero) is 4. The maximum atomic E-state index is 15.3. The number of ether oxygens (including phenoxy) is 1. The molecule has 12 atom stereocenters. The number of hydrogen-bond donors (Lipinski definition) is 0. The van der Waals surface area contributed by atoms with E-state index in [1.54, 1.807) is 109 Å². The second-order valence-electron chi connectivity index (χ2n) is 40.2. The molecular formula is C118H97F7N16O5. The van der Waals surface area contributed by atoms with Crippen molar-refractivity contribution >= 4 is 61.8 Å². The first-order chi connectivity index (χ1) is 70.2. The van der Waals surface area contributed by atoms with Gasteiger partial charge in [-0.25, -0.2) is 90.0 Å². The normalized spacial score (nSPS) is 23.5. The molecule has 0 unspecified atom stereocenters. The van der Waals surface area contributed by atoms with Gasteiger partial charge in [0.1, 0.15) is 40.4 Å². The van der Waals surface area contributed by atoms with E-state index in [-0.39, 0.29) is 127 Å². The highest BCUT2D eigenvalue weighted by molar-refractivity contribution is 6.04. The molecule has 8 heterocycles. The molecule has 0 bridgehead atoms. The predicted octanol–water partition coefficient (Wildman–Crippen LogP) is 24.5. The Morgan fingerprint density at radius 2 is 0.712 bits per heavy atom. The lowest BCUT2D eigenvalue weighted by atomic mass is 9.58. The fourth-order valence-corrected chi connectivity index (χ4v) is 24.1. The largest absolute Gasteiger partial charge is 0.378 e. The number of anilines is 1. The Balaban J connectivity index is 0.000000119. The lowest BCUT2D eigenvalue weighted by Gasteiger charge is -2.46. The third-order valence-corrected chi connectivity index (χ3v) is 31.6. The molecule has 8 aliphatic carbocycles. The number of morpholine rings is 1. The van der Waals surface area contributed by atoms with Crippen molar-refractivity contribution < 1.29 is 54.6 Å². The summed E-state index contributed by atoms with van der Waals surface area (Å²) in [5.74, 6) is -3.87. The van der Waals surface area contributed by atoms with Crippen molar-refractivity contribution in [3.63, 3.8) is 0 Å². The number of benzene rings is 7. The van der Waals surface area contributed by atoms with Crippen LogP contribution in [-0.4, -0.2) is 104 Å². The van der Waals surface area contributed by atoms with Gasteiger partial charge in [0.25, 0.3) is 0 Å². The second-order valence-corrected chi connectivity index (χ2v) is 40.2. The molecule has 728 valence electrons. The van der Waals surface area contributed by atoms with Crippen LogP contribution in [-0.2, 0) is 71.3 Å². The van der Waals surface area contributed by atoms with Gasteiger partial charge < -0.3 is 28.8 Å². The summed E-state index contributed by atoms with van der Waals surface area (Å²) in [6, 6.07) is 45.7. The quantitative estimate of drug-likeness (QED) is 0.0963. The zero-order chi connectivity index (χ0) is 103. The molecular weight excluding hydrogens is 1850 g/mol. The van der Waals surface area contributed by atoms with Crippen molar-refractivity contribution in [2.75, 3.05) is 31.2 Å². The third kappa shape index (κ3) is 16.7. The van der Waals surface area contributed by atoms with Gasteiger partial charge in [-0.05, 0) is 178 Å². The Kier molecular flexibility index (Phi) is 25.5. The number of hydrogen-bond acceptors (Lipinski definition) is 17. The minimum atomic E-state index is -0.814. The Morgan fingerprint density at radius 1 is 0.356 bits per heavy atom. The van der Waals surface area contributed by atoms with E-state index in [2.05, 4.69) is 61.9 Å². The zero-order valence-electron chi connectivity index (χ0n) is 81.7. The summed E-state index contributed by atoms with van der Waals surface area (Å²) in [5, 5.41) is 1.65. The molecule has 14 aromatic rings. The fraction of sp³-hybridized carbons (Fsp3) is 0.297. The monoisotopic (exact) mass is 1950 g/mol. The van der Waals surface area contributed by atoms with Crippen molar-refractivity contribution in [1.29, 1.82) is 0 Å². The molecule has 7 aromatic heterocycles. The molecule has 21 nitrogen and oxygen atoms in total. The maximum Gasteiger partial charge on any atom is 0.226 e. The molecule has 28 heteroatoms. The molecule has 1 aliphatic heterocycles. The molecule has 9 aliphatic rings. The summed E-state index contributed by atoms with van der Waals surface area (Å²) in [7, 11) is 0. The van der Waals surface area contributed by atoms with Crippen molar-refractivity contribution in [2.45, 2.75) is 148 Å². The average molecular weight is 1950 g/mol. The van der Waals surface area contributed by atoms with E-state index < -0.39 is 56.7 Å². The van der Waals surface area contributed by atoms with Crippen molar-refractivity contribution in [3.05, 3.63) is 366 Å².